The Labute approximate surface area is 71.0 Å². The van der Waals surface area contributed by atoms with Gasteiger partial charge in [0.05, 0.1) is 12.3 Å². The van der Waals surface area contributed by atoms with E-state index in [1.165, 1.54) is 0 Å². The summed E-state index contributed by atoms with van der Waals surface area (Å²) in [5.41, 5.74) is 1.35. The summed E-state index contributed by atoms with van der Waals surface area (Å²) in [5.74, 6) is 0. The molecule has 0 aliphatic heterocycles. The molecule has 3 nitrogen and oxygen atoms in total. The number of aromatic nitrogens is 1. The molecule has 0 aliphatic carbocycles. The molecule has 1 unspecified atom stereocenters. The van der Waals surface area contributed by atoms with E-state index >= 15 is 0 Å². The minimum Gasteiger partial charge on any atom is -0.393 e. The molecule has 0 fully saturated rings. The lowest BCUT2D eigenvalue weighted by Gasteiger charge is -2.05. The lowest BCUT2D eigenvalue weighted by atomic mass is 10.2. The van der Waals surface area contributed by atoms with Crippen molar-refractivity contribution in [3.63, 3.8) is 0 Å². The van der Waals surface area contributed by atoms with E-state index in [0.717, 1.165) is 5.56 Å². The molecule has 0 aromatic carbocycles. The number of nitrogens with zero attached hydrogens (tertiary/aromatic N) is 1. The van der Waals surface area contributed by atoms with E-state index in [9.17, 15) is 5.11 Å². The lowest BCUT2D eigenvalue weighted by Crippen LogP contribution is -2.04. The Morgan fingerprint density at radius 2 is 2.42 bits per heavy atom. The second-order valence-electron chi connectivity index (χ2n) is 2.42. The van der Waals surface area contributed by atoms with Crippen molar-refractivity contribution in [3.8, 4) is 0 Å². The van der Waals surface area contributed by atoms with Gasteiger partial charge < -0.3 is 10.2 Å². The highest BCUT2D eigenvalue weighted by Crippen LogP contribution is 2.10. The zero-order chi connectivity index (χ0) is 8.97. The van der Waals surface area contributed by atoms with Gasteiger partial charge in [-0.2, -0.15) is 0 Å². The van der Waals surface area contributed by atoms with E-state index in [-0.39, 0.29) is 6.61 Å². The number of hydrogen-bond donors (Lipinski definition) is 2. The van der Waals surface area contributed by atoms with E-state index in [2.05, 4.69) is 11.6 Å². The van der Waals surface area contributed by atoms with Crippen molar-refractivity contribution < 1.29 is 10.2 Å². The molecule has 0 bridgehead atoms. The van der Waals surface area contributed by atoms with Crippen LogP contribution in [0.4, 0.5) is 0 Å². The fourth-order valence-corrected chi connectivity index (χ4v) is 0.868. The first-order valence-electron chi connectivity index (χ1n) is 3.65. The molecule has 1 heterocycles. The molecule has 64 valence electrons. The number of aliphatic hydroxyl groups excluding tert-OH is 2. The van der Waals surface area contributed by atoms with Crippen LogP contribution in [-0.2, 0) is 0 Å². The van der Waals surface area contributed by atoms with Crippen LogP contribution in [0.25, 0.3) is 6.08 Å². The molecule has 12 heavy (non-hydrogen) atoms. The summed E-state index contributed by atoms with van der Waals surface area (Å²) in [7, 11) is 0. The predicted molar refractivity (Wildman–Crippen MR) is 46.4 cm³/mol. The van der Waals surface area contributed by atoms with Gasteiger partial charge in [-0.25, -0.2) is 0 Å². The minimum absolute atomic E-state index is 0.312. The first-order valence-corrected chi connectivity index (χ1v) is 3.65. The van der Waals surface area contributed by atoms with Crippen molar-refractivity contribution >= 4 is 6.08 Å². The number of pyridine rings is 1. The topological polar surface area (TPSA) is 53.4 Å². The fraction of sp³-hybridized carbons (Fsp3) is 0.222. The van der Waals surface area contributed by atoms with Gasteiger partial charge in [0.2, 0.25) is 0 Å². The summed E-state index contributed by atoms with van der Waals surface area (Å²) < 4.78 is 0. The second-order valence-corrected chi connectivity index (χ2v) is 2.42. The second kappa shape index (κ2) is 3.99. The van der Waals surface area contributed by atoms with Crippen molar-refractivity contribution in [1.29, 1.82) is 0 Å². The van der Waals surface area contributed by atoms with E-state index in [0.29, 0.717) is 5.69 Å². The van der Waals surface area contributed by atoms with Gasteiger partial charge in [-0.1, -0.05) is 12.7 Å². The summed E-state index contributed by atoms with van der Waals surface area (Å²) in [6, 6.07) is 3.47. The molecule has 1 aromatic rings. The quantitative estimate of drug-likeness (QED) is 0.695. The predicted octanol–water partition coefficient (Wildman–Crippen LogP) is 0.750. The van der Waals surface area contributed by atoms with Crippen molar-refractivity contribution in [2.24, 2.45) is 0 Å². The number of hydrogen-bond acceptors (Lipinski definition) is 3. The zero-order valence-corrected chi connectivity index (χ0v) is 6.64. The summed E-state index contributed by atoms with van der Waals surface area (Å²) in [5, 5.41) is 17.8. The van der Waals surface area contributed by atoms with Crippen LogP contribution < -0.4 is 0 Å². The van der Waals surface area contributed by atoms with Crippen molar-refractivity contribution in [2.45, 2.75) is 6.10 Å². The minimum atomic E-state index is -0.898. The van der Waals surface area contributed by atoms with Crippen molar-refractivity contribution in [1.82, 2.24) is 4.98 Å². The van der Waals surface area contributed by atoms with Gasteiger partial charge in [0.25, 0.3) is 0 Å². The molecule has 0 saturated carbocycles. The first kappa shape index (κ1) is 8.90. The highest BCUT2D eigenvalue weighted by atomic mass is 16.3. The van der Waals surface area contributed by atoms with Crippen LogP contribution in [0.1, 0.15) is 17.4 Å². The maximum Gasteiger partial charge on any atom is 0.119 e. The van der Waals surface area contributed by atoms with Gasteiger partial charge in [-0.3, -0.25) is 4.98 Å². The summed E-state index contributed by atoms with van der Waals surface area (Å²) >= 11 is 0. The molecule has 1 atom stereocenters. The van der Waals surface area contributed by atoms with Gasteiger partial charge in [-0.15, -0.1) is 0 Å². The van der Waals surface area contributed by atoms with Crippen molar-refractivity contribution in [3.05, 3.63) is 36.2 Å². The molecule has 3 heteroatoms. The molecular weight excluding hydrogens is 154 g/mol. The third-order valence-electron chi connectivity index (χ3n) is 1.56. The number of rotatable bonds is 3. The molecule has 2 N–H and O–H groups in total. The Morgan fingerprint density at radius 3 is 3.00 bits per heavy atom. The van der Waals surface area contributed by atoms with E-state index in [1.807, 2.05) is 0 Å². The maximum absolute atomic E-state index is 9.20. The molecular formula is C9H11NO2. The Hall–Kier alpha value is -1.19. The fourth-order valence-electron chi connectivity index (χ4n) is 0.868. The van der Waals surface area contributed by atoms with E-state index in [1.54, 1.807) is 24.4 Å². The van der Waals surface area contributed by atoms with Crippen LogP contribution in [0.3, 0.4) is 0 Å². The average Bonchev–Trinajstić information content (AvgIpc) is 2.17. The molecule has 0 radical (unpaired) electrons. The lowest BCUT2D eigenvalue weighted by molar-refractivity contribution is 0.0922. The molecule has 0 amide bonds. The van der Waals surface area contributed by atoms with Gasteiger partial charge in [0, 0.05) is 6.20 Å². The van der Waals surface area contributed by atoms with Gasteiger partial charge in [0.1, 0.15) is 6.10 Å². The SMILES string of the molecule is C=Cc1ccnc(C(O)CO)c1. The van der Waals surface area contributed by atoms with Gasteiger partial charge in [-0.05, 0) is 17.7 Å². The maximum atomic E-state index is 9.20. The standard InChI is InChI=1S/C9H11NO2/c1-2-7-3-4-10-8(5-7)9(12)6-11/h2-5,9,11-12H,1,6H2. The van der Waals surface area contributed by atoms with Crippen LogP contribution in [0, 0.1) is 0 Å². The summed E-state index contributed by atoms with van der Waals surface area (Å²) in [6.07, 6.45) is 2.34. The van der Waals surface area contributed by atoms with E-state index in [4.69, 9.17) is 5.11 Å². The summed E-state index contributed by atoms with van der Waals surface area (Å²) in [6.45, 7) is 3.27. The normalized spacial score (nSPS) is 12.5. The molecule has 0 saturated heterocycles. The largest absolute Gasteiger partial charge is 0.393 e. The highest BCUT2D eigenvalue weighted by molar-refractivity contribution is 5.46. The monoisotopic (exact) mass is 165 g/mol. The van der Waals surface area contributed by atoms with Crippen LogP contribution >= 0.6 is 0 Å². The molecule has 1 rings (SSSR count). The molecule has 0 aliphatic rings. The molecule has 1 aromatic heterocycles. The van der Waals surface area contributed by atoms with Crippen LogP contribution in [0.15, 0.2) is 24.9 Å². The Kier molecular flexibility index (Phi) is 2.96. The third kappa shape index (κ3) is 1.90. The average molecular weight is 165 g/mol. The zero-order valence-electron chi connectivity index (χ0n) is 6.64. The van der Waals surface area contributed by atoms with Crippen LogP contribution in [-0.4, -0.2) is 21.8 Å². The Morgan fingerprint density at radius 1 is 1.67 bits per heavy atom. The third-order valence-corrected chi connectivity index (χ3v) is 1.56. The van der Waals surface area contributed by atoms with Crippen LogP contribution in [0.5, 0.6) is 0 Å². The highest BCUT2D eigenvalue weighted by Gasteiger charge is 2.06. The Balaban J connectivity index is 2.93. The van der Waals surface area contributed by atoms with Crippen molar-refractivity contribution in [2.75, 3.05) is 6.61 Å². The molecule has 0 spiro atoms. The smallest absolute Gasteiger partial charge is 0.119 e. The first-order chi connectivity index (χ1) is 5.77. The van der Waals surface area contributed by atoms with E-state index < -0.39 is 6.10 Å². The Bertz CT molecular complexity index is 273. The van der Waals surface area contributed by atoms with Gasteiger partial charge >= 0.3 is 0 Å². The summed E-state index contributed by atoms with van der Waals surface area (Å²) in [4.78, 5) is 3.90. The van der Waals surface area contributed by atoms with Crippen LogP contribution in [0.2, 0.25) is 0 Å². The van der Waals surface area contributed by atoms with Gasteiger partial charge in [0.15, 0.2) is 0 Å². The number of aliphatic hydroxyl groups is 2.